The summed E-state index contributed by atoms with van der Waals surface area (Å²) >= 11 is 1.40. The molecule has 6 nitrogen and oxygen atoms in total. The van der Waals surface area contributed by atoms with Gasteiger partial charge in [0.2, 0.25) is 5.91 Å². The second-order valence-corrected chi connectivity index (χ2v) is 8.46. The van der Waals surface area contributed by atoms with Crippen LogP contribution in [0.5, 0.6) is 0 Å². The topological polar surface area (TPSA) is 72.7 Å². The summed E-state index contributed by atoms with van der Waals surface area (Å²) in [5.74, 6) is 0.972. The van der Waals surface area contributed by atoms with Gasteiger partial charge in [-0.2, -0.15) is 0 Å². The summed E-state index contributed by atoms with van der Waals surface area (Å²) in [5, 5.41) is 12.5. The molecule has 0 unspecified atom stereocenters. The first-order chi connectivity index (χ1) is 15.6. The van der Waals surface area contributed by atoms with Gasteiger partial charge in [-0.3, -0.25) is 9.78 Å². The number of thioether (sulfide) groups is 1. The molecular weight excluding hydrogens is 418 g/mol. The van der Waals surface area contributed by atoms with Crippen LogP contribution in [0.1, 0.15) is 16.7 Å². The summed E-state index contributed by atoms with van der Waals surface area (Å²) in [4.78, 5) is 16.7. The Morgan fingerprint density at radius 2 is 1.75 bits per heavy atom. The Labute approximate surface area is 192 Å². The van der Waals surface area contributed by atoms with E-state index in [4.69, 9.17) is 0 Å². The minimum atomic E-state index is -0.0632. The zero-order valence-corrected chi connectivity index (χ0v) is 19.0. The van der Waals surface area contributed by atoms with Crippen LogP contribution >= 0.6 is 11.8 Å². The number of benzene rings is 2. The molecule has 162 valence electrons. The Morgan fingerprint density at radius 3 is 2.53 bits per heavy atom. The van der Waals surface area contributed by atoms with E-state index in [1.54, 1.807) is 12.4 Å². The highest BCUT2D eigenvalue weighted by Crippen LogP contribution is 2.25. The van der Waals surface area contributed by atoms with E-state index in [1.165, 1.54) is 17.3 Å². The highest BCUT2D eigenvalue weighted by atomic mass is 32.2. The van der Waals surface area contributed by atoms with Gasteiger partial charge in [0.15, 0.2) is 11.0 Å². The van der Waals surface area contributed by atoms with E-state index in [0.717, 1.165) is 46.3 Å². The smallest absolute Gasteiger partial charge is 0.234 e. The maximum Gasteiger partial charge on any atom is 0.234 e. The van der Waals surface area contributed by atoms with Crippen molar-refractivity contribution in [3.8, 4) is 11.4 Å². The summed E-state index contributed by atoms with van der Waals surface area (Å²) in [6, 6.07) is 20.1. The number of carbonyl (C=O) groups excluding carboxylic acids is 1. The predicted octanol–water partition coefficient (Wildman–Crippen LogP) is 4.93. The summed E-state index contributed by atoms with van der Waals surface area (Å²) in [6.07, 6.45) is 4.34. The molecule has 0 radical (unpaired) electrons. The first kappa shape index (κ1) is 21.8. The van der Waals surface area contributed by atoms with Crippen molar-refractivity contribution in [1.82, 2.24) is 19.7 Å². The number of nitrogens with zero attached hydrogens (tertiary/aromatic N) is 4. The molecule has 4 aromatic rings. The molecule has 2 heterocycles. The minimum Gasteiger partial charge on any atom is -0.325 e. The molecule has 0 bridgehead atoms. The number of anilines is 1. The Balaban J connectivity index is 1.50. The average molecular weight is 444 g/mol. The molecule has 1 N–H and O–H groups in total. The number of pyridine rings is 1. The lowest BCUT2D eigenvalue weighted by atomic mass is 10.1. The van der Waals surface area contributed by atoms with Gasteiger partial charge < -0.3 is 9.88 Å². The molecule has 0 aliphatic heterocycles. The summed E-state index contributed by atoms with van der Waals surface area (Å²) < 4.78 is 2.08. The number of rotatable bonds is 8. The molecule has 7 heteroatoms. The molecule has 32 heavy (non-hydrogen) atoms. The zero-order chi connectivity index (χ0) is 22.3. The van der Waals surface area contributed by atoms with Crippen molar-refractivity contribution in [2.75, 3.05) is 11.1 Å². The van der Waals surface area contributed by atoms with Crippen molar-refractivity contribution in [3.63, 3.8) is 0 Å². The van der Waals surface area contributed by atoms with Gasteiger partial charge in [-0.05, 0) is 55.2 Å². The molecule has 0 aliphatic carbocycles. The van der Waals surface area contributed by atoms with E-state index in [0.29, 0.717) is 0 Å². The monoisotopic (exact) mass is 443 g/mol. The molecule has 0 spiro atoms. The van der Waals surface area contributed by atoms with Crippen molar-refractivity contribution < 1.29 is 4.79 Å². The van der Waals surface area contributed by atoms with Crippen LogP contribution < -0.4 is 5.32 Å². The Kier molecular flexibility index (Phi) is 6.97. The highest BCUT2D eigenvalue weighted by Gasteiger charge is 2.16. The molecular formula is C25H25N5OS. The lowest BCUT2D eigenvalue weighted by Gasteiger charge is -2.12. The van der Waals surface area contributed by atoms with Crippen molar-refractivity contribution in [1.29, 1.82) is 0 Å². The first-order valence-electron chi connectivity index (χ1n) is 10.5. The van der Waals surface area contributed by atoms with Crippen LogP contribution in [0.15, 0.2) is 78.2 Å². The fourth-order valence-corrected chi connectivity index (χ4v) is 4.16. The van der Waals surface area contributed by atoms with E-state index >= 15 is 0 Å². The average Bonchev–Trinajstić information content (AvgIpc) is 3.23. The highest BCUT2D eigenvalue weighted by molar-refractivity contribution is 7.99. The second-order valence-electron chi connectivity index (χ2n) is 7.51. The third kappa shape index (κ3) is 5.23. The summed E-state index contributed by atoms with van der Waals surface area (Å²) in [6.45, 7) is 4.77. The van der Waals surface area contributed by atoms with Gasteiger partial charge in [0.05, 0.1) is 5.75 Å². The fourth-order valence-electron chi connectivity index (χ4n) is 3.40. The maximum atomic E-state index is 12.6. The number of carbonyl (C=O) groups is 1. The quantitative estimate of drug-likeness (QED) is 0.391. The van der Waals surface area contributed by atoms with Gasteiger partial charge in [0.25, 0.3) is 0 Å². The number of hydrogen-bond donors (Lipinski definition) is 1. The van der Waals surface area contributed by atoms with Gasteiger partial charge in [-0.15, -0.1) is 10.2 Å². The molecule has 4 rings (SSSR count). The number of aryl methyl sites for hydroxylation is 2. The molecule has 1 amide bonds. The molecule has 2 aromatic carbocycles. The van der Waals surface area contributed by atoms with Crippen LogP contribution in [-0.2, 0) is 17.8 Å². The SMILES string of the molecule is Cc1cccc(NC(=O)CSc2nnc(-c3ccncc3)n2CCc2ccccc2)c1C. The number of amides is 1. The van der Waals surface area contributed by atoms with Gasteiger partial charge >= 0.3 is 0 Å². The van der Waals surface area contributed by atoms with E-state index in [-0.39, 0.29) is 11.7 Å². The van der Waals surface area contributed by atoms with Gasteiger partial charge in [-0.1, -0.05) is 54.2 Å². The van der Waals surface area contributed by atoms with Crippen LogP contribution in [0, 0.1) is 13.8 Å². The molecule has 0 atom stereocenters. The first-order valence-corrected chi connectivity index (χ1v) is 11.5. The Morgan fingerprint density at radius 1 is 0.969 bits per heavy atom. The molecule has 2 aromatic heterocycles. The lowest BCUT2D eigenvalue weighted by Crippen LogP contribution is -2.16. The minimum absolute atomic E-state index is 0.0632. The number of aromatic nitrogens is 4. The Bertz CT molecular complexity index is 1190. The van der Waals surface area contributed by atoms with Crippen LogP contribution in [0.2, 0.25) is 0 Å². The van der Waals surface area contributed by atoms with Crippen LogP contribution in [0.3, 0.4) is 0 Å². The molecule has 0 fully saturated rings. The number of hydrogen-bond acceptors (Lipinski definition) is 5. The zero-order valence-electron chi connectivity index (χ0n) is 18.2. The summed E-state index contributed by atoms with van der Waals surface area (Å²) in [7, 11) is 0. The number of nitrogens with one attached hydrogen (secondary N) is 1. The summed E-state index contributed by atoms with van der Waals surface area (Å²) in [5.41, 5.74) is 5.27. The third-order valence-electron chi connectivity index (χ3n) is 5.33. The Hall–Kier alpha value is -3.45. The largest absolute Gasteiger partial charge is 0.325 e. The van der Waals surface area contributed by atoms with Crippen LogP contribution in [0.4, 0.5) is 5.69 Å². The van der Waals surface area contributed by atoms with Gasteiger partial charge in [0.1, 0.15) is 0 Å². The van der Waals surface area contributed by atoms with Crippen molar-refractivity contribution >= 4 is 23.4 Å². The fraction of sp³-hybridized carbons (Fsp3) is 0.200. The van der Waals surface area contributed by atoms with Crippen molar-refractivity contribution in [3.05, 3.63) is 89.7 Å². The molecule has 0 aliphatic rings. The van der Waals surface area contributed by atoms with Crippen LogP contribution in [-0.4, -0.2) is 31.4 Å². The lowest BCUT2D eigenvalue weighted by molar-refractivity contribution is -0.113. The van der Waals surface area contributed by atoms with Crippen LogP contribution in [0.25, 0.3) is 11.4 Å². The molecule has 0 saturated carbocycles. The van der Waals surface area contributed by atoms with Crippen molar-refractivity contribution in [2.45, 2.75) is 32.0 Å². The molecule has 0 saturated heterocycles. The van der Waals surface area contributed by atoms with E-state index in [2.05, 4.69) is 37.2 Å². The van der Waals surface area contributed by atoms with Gasteiger partial charge in [-0.25, -0.2) is 0 Å². The predicted molar refractivity (Wildman–Crippen MR) is 129 cm³/mol. The van der Waals surface area contributed by atoms with E-state index < -0.39 is 0 Å². The van der Waals surface area contributed by atoms with E-state index in [9.17, 15) is 4.79 Å². The van der Waals surface area contributed by atoms with Crippen molar-refractivity contribution in [2.24, 2.45) is 0 Å². The maximum absolute atomic E-state index is 12.6. The van der Waals surface area contributed by atoms with Gasteiger partial charge in [0, 0.05) is 30.2 Å². The third-order valence-corrected chi connectivity index (χ3v) is 6.30. The normalized spacial score (nSPS) is 10.8. The standard InChI is InChI=1S/C25H25N5OS/c1-18-7-6-10-22(19(18)2)27-23(31)17-32-25-29-28-24(21-11-14-26-15-12-21)30(25)16-13-20-8-4-3-5-9-20/h3-12,14-15H,13,16-17H2,1-2H3,(H,27,31). The van der Waals surface area contributed by atoms with E-state index in [1.807, 2.05) is 62.4 Å². The second kappa shape index (κ2) is 10.2.